The number of halogens is 3. The monoisotopic (exact) mass is 645 g/mol. The minimum absolute atomic E-state index is 0.0227. The number of hydrogen-bond donors (Lipinski definition) is 2. The molecule has 0 aliphatic carbocycles. The highest BCUT2D eigenvalue weighted by Gasteiger charge is 2.37. The van der Waals surface area contributed by atoms with E-state index in [0.29, 0.717) is 28.8 Å². The summed E-state index contributed by atoms with van der Waals surface area (Å²) in [5.74, 6) is -1.49. The number of aryl methyl sites for hydroxylation is 1. The van der Waals surface area contributed by atoms with Gasteiger partial charge < -0.3 is 19.5 Å². The van der Waals surface area contributed by atoms with Crippen molar-refractivity contribution in [2.24, 2.45) is 0 Å². The highest BCUT2D eigenvalue weighted by molar-refractivity contribution is 6.40. The van der Waals surface area contributed by atoms with Crippen molar-refractivity contribution in [1.29, 1.82) is 0 Å². The summed E-state index contributed by atoms with van der Waals surface area (Å²) in [6.07, 6.45) is 2.01. The van der Waals surface area contributed by atoms with E-state index >= 15 is 0 Å². The van der Waals surface area contributed by atoms with E-state index < -0.39 is 30.4 Å². The molecule has 0 spiro atoms. The minimum Gasteiger partial charge on any atom is -0.493 e. The smallest absolute Gasteiger partial charge is 0.335 e. The van der Waals surface area contributed by atoms with Crippen molar-refractivity contribution in [1.82, 2.24) is 5.32 Å². The van der Waals surface area contributed by atoms with Gasteiger partial charge in [-0.2, -0.15) is 0 Å². The molecule has 0 saturated carbocycles. The summed E-state index contributed by atoms with van der Waals surface area (Å²) >= 11 is 18.8. The van der Waals surface area contributed by atoms with E-state index in [9.17, 15) is 19.2 Å². The molecule has 10 nitrogen and oxygen atoms in total. The van der Waals surface area contributed by atoms with Gasteiger partial charge in [0.05, 0.1) is 29.4 Å². The first-order valence-corrected chi connectivity index (χ1v) is 14.1. The molecule has 2 N–H and O–H groups in total. The van der Waals surface area contributed by atoms with Gasteiger partial charge in [0, 0.05) is 16.8 Å². The van der Waals surface area contributed by atoms with Gasteiger partial charge in [-0.25, -0.2) is 9.69 Å². The average molecular weight is 647 g/mol. The second-order valence-electron chi connectivity index (χ2n) is 9.26. The van der Waals surface area contributed by atoms with Crippen LogP contribution in [0.1, 0.15) is 24.5 Å². The topological polar surface area (TPSA) is 123 Å². The van der Waals surface area contributed by atoms with E-state index in [1.807, 2.05) is 13.8 Å². The van der Waals surface area contributed by atoms with Gasteiger partial charge in [0.25, 0.3) is 17.7 Å². The molecular formula is C30H26Cl3N3O7. The summed E-state index contributed by atoms with van der Waals surface area (Å²) in [6, 6.07) is 11.5. The van der Waals surface area contributed by atoms with Crippen LogP contribution in [0.3, 0.4) is 0 Å². The molecule has 3 aromatic rings. The number of rotatable bonds is 10. The van der Waals surface area contributed by atoms with Gasteiger partial charge in [0.1, 0.15) is 5.57 Å². The number of carbonyl (C=O) groups excluding carboxylic acids is 4. The Hall–Kier alpha value is -4.25. The predicted octanol–water partition coefficient (Wildman–Crippen LogP) is 6.44. The SMILES string of the molecule is CCCOc1ccc(N2C(=O)NC(=O)/C(=C/c3cc(Cl)c(OCC(=O)Nc4ccc(C)c(Cl)c4)c(Cl)c3)C2=O)cc1OC. The molecule has 0 bridgehead atoms. The normalized spacial score (nSPS) is 14.0. The Morgan fingerprint density at radius 1 is 0.953 bits per heavy atom. The molecule has 224 valence electrons. The lowest BCUT2D eigenvalue weighted by molar-refractivity contribution is -0.122. The zero-order valence-electron chi connectivity index (χ0n) is 23.3. The molecule has 1 heterocycles. The van der Waals surface area contributed by atoms with E-state index in [1.165, 1.54) is 37.5 Å². The first-order chi connectivity index (χ1) is 20.5. The van der Waals surface area contributed by atoms with Crippen LogP contribution in [0.15, 0.2) is 54.1 Å². The lowest BCUT2D eigenvalue weighted by atomic mass is 10.1. The predicted molar refractivity (Wildman–Crippen MR) is 165 cm³/mol. The van der Waals surface area contributed by atoms with E-state index in [1.54, 1.807) is 24.3 Å². The number of anilines is 2. The quantitative estimate of drug-likeness (QED) is 0.192. The van der Waals surface area contributed by atoms with Gasteiger partial charge in [-0.1, -0.05) is 47.8 Å². The lowest BCUT2D eigenvalue weighted by Crippen LogP contribution is -2.54. The number of methoxy groups -OCH3 is 1. The van der Waals surface area contributed by atoms with Crippen LogP contribution in [0.5, 0.6) is 17.2 Å². The number of amides is 5. The number of urea groups is 1. The maximum absolute atomic E-state index is 13.4. The first kappa shape index (κ1) is 31.7. The summed E-state index contributed by atoms with van der Waals surface area (Å²) < 4.78 is 16.5. The van der Waals surface area contributed by atoms with E-state index in [2.05, 4.69) is 10.6 Å². The molecule has 0 radical (unpaired) electrons. The van der Waals surface area contributed by atoms with Crippen molar-refractivity contribution >= 4 is 76.0 Å². The zero-order valence-corrected chi connectivity index (χ0v) is 25.5. The highest BCUT2D eigenvalue weighted by atomic mass is 35.5. The maximum atomic E-state index is 13.4. The fourth-order valence-electron chi connectivity index (χ4n) is 3.99. The van der Waals surface area contributed by atoms with Gasteiger partial charge >= 0.3 is 6.03 Å². The Morgan fingerprint density at radius 2 is 1.67 bits per heavy atom. The van der Waals surface area contributed by atoms with Crippen molar-refractivity contribution in [2.75, 3.05) is 30.5 Å². The summed E-state index contributed by atoms with van der Waals surface area (Å²) in [5.41, 5.74) is 1.44. The second-order valence-corrected chi connectivity index (χ2v) is 10.5. The molecule has 5 amide bonds. The van der Waals surface area contributed by atoms with Gasteiger partial charge in [0.15, 0.2) is 23.9 Å². The molecule has 13 heteroatoms. The number of nitrogens with zero attached hydrogens (tertiary/aromatic N) is 1. The summed E-state index contributed by atoms with van der Waals surface area (Å²) in [4.78, 5) is 51.9. The molecule has 1 aliphatic rings. The number of hydrogen-bond acceptors (Lipinski definition) is 7. The number of carbonyl (C=O) groups is 4. The largest absolute Gasteiger partial charge is 0.493 e. The lowest BCUT2D eigenvalue weighted by Gasteiger charge is -2.27. The van der Waals surface area contributed by atoms with Crippen molar-refractivity contribution < 1.29 is 33.4 Å². The van der Waals surface area contributed by atoms with Gasteiger partial charge in [-0.15, -0.1) is 0 Å². The van der Waals surface area contributed by atoms with E-state index in [-0.39, 0.29) is 32.6 Å². The zero-order chi connectivity index (χ0) is 31.3. The number of nitrogens with one attached hydrogen (secondary N) is 2. The van der Waals surface area contributed by atoms with Crippen LogP contribution in [0.2, 0.25) is 15.1 Å². The minimum atomic E-state index is -0.928. The molecule has 1 fully saturated rings. The Balaban J connectivity index is 1.52. The third-order valence-electron chi connectivity index (χ3n) is 6.10. The molecule has 0 atom stereocenters. The van der Waals surface area contributed by atoms with Crippen LogP contribution in [-0.4, -0.2) is 44.1 Å². The Morgan fingerprint density at radius 3 is 2.33 bits per heavy atom. The summed E-state index contributed by atoms with van der Waals surface area (Å²) in [7, 11) is 1.43. The Bertz CT molecular complexity index is 1620. The van der Waals surface area contributed by atoms with Gasteiger partial charge in [0.2, 0.25) is 0 Å². The van der Waals surface area contributed by atoms with Crippen molar-refractivity contribution in [3.63, 3.8) is 0 Å². The van der Waals surface area contributed by atoms with Crippen LogP contribution in [0.4, 0.5) is 16.2 Å². The Labute approximate surface area is 262 Å². The number of barbiturate groups is 1. The summed E-state index contributed by atoms with van der Waals surface area (Å²) in [5, 5.41) is 5.37. The van der Waals surface area contributed by atoms with Gasteiger partial charge in [-0.05, 0) is 66.9 Å². The molecule has 1 saturated heterocycles. The molecular weight excluding hydrogens is 621 g/mol. The van der Waals surface area contributed by atoms with E-state index in [0.717, 1.165) is 16.9 Å². The molecule has 1 aliphatic heterocycles. The third-order valence-corrected chi connectivity index (χ3v) is 7.07. The van der Waals surface area contributed by atoms with Crippen LogP contribution >= 0.6 is 34.8 Å². The Kier molecular flexibility index (Phi) is 10.2. The molecule has 43 heavy (non-hydrogen) atoms. The van der Waals surface area contributed by atoms with Crippen molar-refractivity contribution in [2.45, 2.75) is 20.3 Å². The van der Waals surface area contributed by atoms with Crippen LogP contribution in [-0.2, 0) is 14.4 Å². The van der Waals surface area contributed by atoms with Crippen molar-refractivity contribution in [3.05, 3.63) is 80.3 Å². The maximum Gasteiger partial charge on any atom is 0.335 e. The first-order valence-electron chi connectivity index (χ1n) is 12.9. The van der Waals surface area contributed by atoms with Crippen LogP contribution < -0.4 is 29.7 Å². The number of benzene rings is 3. The second kappa shape index (κ2) is 13.8. The molecule has 3 aromatic carbocycles. The van der Waals surface area contributed by atoms with Crippen LogP contribution in [0, 0.1) is 6.92 Å². The van der Waals surface area contributed by atoms with Crippen molar-refractivity contribution in [3.8, 4) is 17.2 Å². The average Bonchev–Trinajstić information content (AvgIpc) is 2.95. The standard InChI is InChI=1S/C30H26Cl3N3O7/c1-4-9-42-24-8-7-19(14-25(24)41-3)36-29(39)20(28(38)35-30(36)40)10-17-11-22(32)27(23(33)12-17)43-15-26(37)34-18-6-5-16(2)21(31)13-18/h5-8,10-14H,4,9,15H2,1-3H3,(H,34,37)(H,35,38,40)/b20-10-. The van der Waals surface area contributed by atoms with Gasteiger partial charge in [-0.3, -0.25) is 19.7 Å². The molecule has 0 unspecified atom stereocenters. The molecule has 4 rings (SSSR count). The third kappa shape index (κ3) is 7.40. The number of imide groups is 2. The van der Waals surface area contributed by atoms with Crippen LogP contribution in [0.25, 0.3) is 6.08 Å². The fourth-order valence-corrected chi connectivity index (χ4v) is 4.78. The fraction of sp³-hybridized carbons (Fsp3) is 0.200. The molecule has 0 aromatic heterocycles. The number of ether oxygens (including phenoxy) is 3. The summed E-state index contributed by atoms with van der Waals surface area (Å²) in [6.45, 7) is 3.83. The highest BCUT2D eigenvalue weighted by Crippen LogP contribution is 2.36. The van der Waals surface area contributed by atoms with E-state index in [4.69, 9.17) is 49.0 Å².